The lowest BCUT2D eigenvalue weighted by Gasteiger charge is -2.18. The van der Waals surface area contributed by atoms with E-state index in [0.29, 0.717) is 0 Å². The Balaban J connectivity index is 2.38. The molecule has 0 bridgehead atoms. The van der Waals surface area contributed by atoms with E-state index in [0.717, 1.165) is 24.4 Å². The maximum atomic E-state index is 5.43. The number of nitrogens with one attached hydrogen (secondary N) is 1. The Bertz CT molecular complexity index is 524. The lowest BCUT2D eigenvalue weighted by Crippen LogP contribution is -2.22. The van der Waals surface area contributed by atoms with Crippen molar-refractivity contribution in [2.75, 3.05) is 13.7 Å². The number of hydrogen-bond donors (Lipinski definition) is 1. The normalized spacial score (nSPS) is 12.4. The number of pyridine rings is 1. The average Bonchev–Trinajstić information content (AvgIpc) is 2.93. The first kappa shape index (κ1) is 14.0. The maximum Gasteiger partial charge on any atom is 0.142 e. The molecule has 1 N–H and O–H groups in total. The highest BCUT2D eigenvalue weighted by molar-refractivity contribution is 7.12. The third kappa shape index (κ3) is 3.14. The molecule has 2 rings (SSSR count). The van der Waals surface area contributed by atoms with Gasteiger partial charge in [0.1, 0.15) is 11.4 Å². The van der Waals surface area contributed by atoms with Crippen LogP contribution in [0.5, 0.6) is 5.75 Å². The number of nitrogens with zero attached hydrogens (tertiary/aromatic N) is 1. The molecule has 2 heterocycles. The van der Waals surface area contributed by atoms with Crippen LogP contribution in [-0.4, -0.2) is 18.6 Å². The molecule has 0 saturated carbocycles. The smallest absolute Gasteiger partial charge is 0.142 e. The fraction of sp³-hybridized carbons (Fsp3) is 0.400. The Kier molecular flexibility index (Phi) is 4.93. The molecule has 0 saturated heterocycles. The highest BCUT2D eigenvalue weighted by Crippen LogP contribution is 2.32. The molecule has 102 valence electrons. The lowest BCUT2D eigenvalue weighted by molar-refractivity contribution is 0.401. The number of methoxy groups -OCH3 is 1. The third-order valence-electron chi connectivity index (χ3n) is 3.02. The Morgan fingerprint density at radius 2 is 2.16 bits per heavy atom. The van der Waals surface area contributed by atoms with Crippen LogP contribution in [0, 0.1) is 0 Å². The van der Waals surface area contributed by atoms with Crippen molar-refractivity contribution in [1.82, 2.24) is 10.3 Å². The van der Waals surface area contributed by atoms with Crippen molar-refractivity contribution in [2.45, 2.75) is 26.3 Å². The van der Waals surface area contributed by atoms with Crippen molar-refractivity contribution in [1.29, 1.82) is 0 Å². The number of rotatable bonds is 6. The van der Waals surface area contributed by atoms with Gasteiger partial charge >= 0.3 is 0 Å². The molecule has 2 aromatic rings. The first-order valence-electron chi connectivity index (χ1n) is 6.61. The molecule has 2 aromatic heterocycles. The summed E-state index contributed by atoms with van der Waals surface area (Å²) in [5.74, 6) is 0.833. The minimum absolute atomic E-state index is 0.103. The van der Waals surface area contributed by atoms with Crippen LogP contribution in [-0.2, 0) is 6.42 Å². The fourth-order valence-corrected chi connectivity index (χ4v) is 3.10. The maximum absolute atomic E-state index is 5.43. The van der Waals surface area contributed by atoms with Crippen LogP contribution in [0.15, 0.2) is 30.5 Å². The van der Waals surface area contributed by atoms with E-state index in [9.17, 15) is 0 Å². The molecule has 0 aromatic carbocycles. The molecule has 19 heavy (non-hydrogen) atoms. The summed E-state index contributed by atoms with van der Waals surface area (Å²) in [4.78, 5) is 7.18. The molecular formula is C15H20N2OS. The number of aromatic nitrogens is 1. The zero-order valence-corrected chi connectivity index (χ0v) is 12.5. The Morgan fingerprint density at radius 3 is 2.79 bits per heavy atom. The molecule has 4 heteroatoms. The van der Waals surface area contributed by atoms with Gasteiger partial charge in [-0.05, 0) is 37.2 Å². The molecule has 1 atom stereocenters. The van der Waals surface area contributed by atoms with Crippen LogP contribution in [0.2, 0.25) is 0 Å². The van der Waals surface area contributed by atoms with Crippen LogP contribution in [0.25, 0.3) is 0 Å². The molecule has 0 aliphatic rings. The second-order valence-corrected chi connectivity index (χ2v) is 5.44. The fourth-order valence-electron chi connectivity index (χ4n) is 2.07. The summed E-state index contributed by atoms with van der Waals surface area (Å²) in [6, 6.07) is 8.34. The van der Waals surface area contributed by atoms with Crippen molar-refractivity contribution in [3.05, 3.63) is 45.9 Å². The van der Waals surface area contributed by atoms with Crippen LogP contribution in [0.3, 0.4) is 0 Å². The van der Waals surface area contributed by atoms with E-state index in [1.54, 1.807) is 7.11 Å². The van der Waals surface area contributed by atoms with E-state index in [1.165, 1.54) is 9.75 Å². The number of aryl methyl sites for hydroxylation is 1. The standard InChI is InChI=1S/C15H20N2OS/c1-4-11-8-9-13(19-11)15(16-5-2)14-12(18-3)7-6-10-17-14/h6-10,15-16H,4-5H2,1-3H3. The summed E-state index contributed by atoms with van der Waals surface area (Å²) in [6.45, 7) is 5.18. The van der Waals surface area contributed by atoms with Crippen molar-refractivity contribution in [3.63, 3.8) is 0 Å². The third-order valence-corrected chi connectivity index (χ3v) is 4.31. The van der Waals surface area contributed by atoms with Gasteiger partial charge in [0.2, 0.25) is 0 Å². The van der Waals surface area contributed by atoms with Gasteiger partial charge in [-0.25, -0.2) is 0 Å². The van der Waals surface area contributed by atoms with E-state index in [2.05, 4.69) is 36.3 Å². The van der Waals surface area contributed by atoms with Crippen LogP contribution in [0.1, 0.15) is 35.3 Å². The summed E-state index contributed by atoms with van der Waals surface area (Å²) >= 11 is 1.84. The van der Waals surface area contributed by atoms with E-state index >= 15 is 0 Å². The molecule has 3 nitrogen and oxygen atoms in total. The lowest BCUT2D eigenvalue weighted by atomic mass is 10.1. The highest BCUT2D eigenvalue weighted by atomic mass is 32.1. The first-order valence-corrected chi connectivity index (χ1v) is 7.42. The summed E-state index contributed by atoms with van der Waals surface area (Å²) in [5.41, 5.74) is 0.955. The Morgan fingerprint density at radius 1 is 1.32 bits per heavy atom. The monoisotopic (exact) mass is 276 g/mol. The second-order valence-electron chi connectivity index (χ2n) is 4.24. The van der Waals surface area contributed by atoms with Crippen molar-refractivity contribution >= 4 is 11.3 Å². The van der Waals surface area contributed by atoms with Gasteiger partial charge < -0.3 is 10.1 Å². The SMILES string of the molecule is CCNC(c1ccc(CC)s1)c1ncccc1OC. The molecule has 0 aliphatic carbocycles. The molecule has 0 amide bonds. The molecule has 0 radical (unpaired) electrons. The zero-order chi connectivity index (χ0) is 13.7. The topological polar surface area (TPSA) is 34.2 Å². The Labute approximate surface area is 118 Å². The summed E-state index contributed by atoms with van der Waals surface area (Å²) in [7, 11) is 1.69. The number of thiophene rings is 1. The van der Waals surface area contributed by atoms with Gasteiger partial charge in [0.05, 0.1) is 13.2 Å². The van der Waals surface area contributed by atoms with Gasteiger partial charge in [-0.15, -0.1) is 11.3 Å². The van der Waals surface area contributed by atoms with E-state index in [1.807, 2.05) is 29.7 Å². The van der Waals surface area contributed by atoms with E-state index in [4.69, 9.17) is 4.74 Å². The number of ether oxygens (including phenoxy) is 1. The minimum atomic E-state index is 0.103. The predicted molar refractivity (Wildman–Crippen MR) is 80.0 cm³/mol. The summed E-state index contributed by atoms with van der Waals surface area (Å²) in [6.07, 6.45) is 2.89. The van der Waals surface area contributed by atoms with Crippen molar-refractivity contribution in [2.24, 2.45) is 0 Å². The van der Waals surface area contributed by atoms with Crippen molar-refractivity contribution < 1.29 is 4.74 Å². The predicted octanol–water partition coefficient (Wildman–Crippen LogP) is 3.41. The average molecular weight is 276 g/mol. The second kappa shape index (κ2) is 6.68. The van der Waals surface area contributed by atoms with Crippen LogP contribution < -0.4 is 10.1 Å². The van der Waals surface area contributed by atoms with Gasteiger partial charge in [0, 0.05) is 16.0 Å². The minimum Gasteiger partial charge on any atom is -0.495 e. The summed E-state index contributed by atoms with van der Waals surface area (Å²) in [5, 5.41) is 3.50. The van der Waals surface area contributed by atoms with Gasteiger partial charge in [0.15, 0.2) is 0 Å². The molecule has 1 unspecified atom stereocenters. The molecule has 0 fully saturated rings. The number of hydrogen-bond acceptors (Lipinski definition) is 4. The van der Waals surface area contributed by atoms with Gasteiger partial charge in [-0.2, -0.15) is 0 Å². The highest BCUT2D eigenvalue weighted by Gasteiger charge is 2.20. The Hall–Kier alpha value is -1.39. The largest absolute Gasteiger partial charge is 0.495 e. The van der Waals surface area contributed by atoms with E-state index < -0.39 is 0 Å². The molecule has 0 spiro atoms. The first-order chi connectivity index (χ1) is 9.30. The van der Waals surface area contributed by atoms with Gasteiger partial charge in [-0.3, -0.25) is 4.98 Å². The zero-order valence-electron chi connectivity index (χ0n) is 11.6. The van der Waals surface area contributed by atoms with Gasteiger partial charge in [0.25, 0.3) is 0 Å². The quantitative estimate of drug-likeness (QED) is 0.878. The van der Waals surface area contributed by atoms with Crippen LogP contribution in [0.4, 0.5) is 0 Å². The van der Waals surface area contributed by atoms with Crippen LogP contribution >= 0.6 is 11.3 Å². The van der Waals surface area contributed by atoms with E-state index in [-0.39, 0.29) is 6.04 Å². The summed E-state index contributed by atoms with van der Waals surface area (Å²) < 4.78 is 5.43. The van der Waals surface area contributed by atoms with Gasteiger partial charge in [-0.1, -0.05) is 13.8 Å². The van der Waals surface area contributed by atoms with Crippen molar-refractivity contribution in [3.8, 4) is 5.75 Å². The molecular weight excluding hydrogens is 256 g/mol. The molecule has 0 aliphatic heterocycles.